The van der Waals surface area contributed by atoms with Crippen molar-refractivity contribution in [3.05, 3.63) is 71.8 Å². The Morgan fingerprint density at radius 1 is 1.00 bits per heavy atom. The van der Waals surface area contributed by atoms with Gasteiger partial charge in [-0.2, -0.15) is 8.78 Å². The summed E-state index contributed by atoms with van der Waals surface area (Å²) in [5.74, 6) is -0.732. The van der Waals surface area contributed by atoms with E-state index in [2.05, 4.69) is 10.1 Å². The zero-order valence-corrected chi connectivity index (χ0v) is 14.9. The van der Waals surface area contributed by atoms with Crippen molar-refractivity contribution in [2.24, 2.45) is 0 Å². The molecule has 3 rings (SSSR count). The fraction of sp³-hybridized carbons (Fsp3) is 0.190. The van der Waals surface area contributed by atoms with Crippen LogP contribution < -0.4 is 14.8 Å². The number of methoxy groups -OCH3 is 1. The number of carbonyl (C=O) groups excluding carboxylic acids is 1. The molecule has 0 saturated carbocycles. The third kappa shape index (κ3) is 4.16. The second kappa shape index (κ2) is 8.03. The van der Waals surface area contributed by atoms with Crippen molar-refractivity contribution in [2.45, 2.75) is 19.6 Å². The van der Waals surface area contributed by atoms with Crippen molar-refractivity contribution in [2.75, 3.05) is 7.11 Å². The summed E-state index contributed by atoms with van der Waals surface area (Å²) in [5.41, 5.74) is 0.892. The molecular formula is C21H19F2NO3. The SMILES string of the molecule is COc1cccc(C(=O)NC(C)c2ccc3ccccc3c2)c1OC(F)F. The zero-order chi connectivity index (χ0) is 19.4. The monoisotopic (exact) mass is 371 g/mol. The molecule has 3 aromatic carbocycles. The number of para-hydroxylation sites is 1. The molecule has 0 aromatic heterocycles. The molecule has 27 heavy (non-hydrogen) atoms. The van der Waals surface area contributed by atoms with Crippen molar-refractivity contribution >= 4 is 16.7 Å². The Balaban J connectivity index is 1.85. The summed E-state index contributed by atoms with van der Waals surface area (Å²) in [4.78, 5) is 12.7. The molecule has 0 aliphatic heterocycles. The molecule has 0 bridgehead atoms. The van der Waals surface area contributed by atoms with E-state index in [0.717, 1.165) is 16.3 Å². The third-order valence-corrected chi connectivity index (χ3v) is 4.27. The lowest BCUT2D eigenvalue weighted by Crippen LogP contribution is -2.27. The molecule has 1 amide bonds. The summed E-state index contributed by atoms with van der Waals surface area (Å²) in [7, 11) is 1.33. The van der Waals surface area contributed by atoms with Gasteiger partial charge in [-0.1, -0.05) is 42.5 Å². The highest BCUT2D eigenvalue weighted by atomic mass is 19.3. The zero-order valence-electron chi connectivity index (χ0n) is 14.9. The molecule has 0 heterocycles. The van der Waals surface area contributed by atoms with Crippen LogP contribution in [0.1, 0.15) is 28.9 Å². The Hall–Kier alpha value is -3.15. The van der Waals surface area contributed by atoms with Crippen LogP contribution >= 0.6 is 0 Å². The van der Waals surface area contributed by atoms with Crippen LogP contribution in [0.4, 0.5) is 8.78 Å². The number of fused-ring (bicyclic) bond motifs is 1. The number of halogens is 2. The van der Waals surface area contributed by atoms with Crippen LogP contribution in [-0.2, 0) is 0 Å². The number of amides is 1. The van der Waals surface area contributed by atoms with Gasteiger partial charge in [-0.25, -0.2) is 0 Å². The predicted octanol–water partition coefficient (Wildman–Crippen LogP) is 4.94. The predicted molar refractivity (Wildman–Crippen MR) is 99.5 cm³/mol. The lowest BCUT2D eigenvalue weighted by molar-refractivity contribution is -0.0515. The first-order valence-corrected chi connectivity index (χ1v) is 8.41. The molecular weight excluding hydrogens is 352 g/mol. The quantitative estimate of drug-likeness (QED) is 0.668. The molecule has 4 nitrogen and oxygen atoms in total. The van der Waals surface area contributed by atoms with Crippen molar-refractivity contribution in [3.63, 3.8) is 0 Å². The molecule has 1 unspecified atom stereocenters. The third-order valence-electron chi connectivity index (χ3n) is 4.27. The summed E-state index contributed by atoms with van der Waals surface area (Å²) in [6, 6.07) is 17.9. The van der Waals surface area contributed by atoms with E-state index >= 15 is 0 Å². The fourth-order valence-electron chi connectivity index (χ4n) is 2.90. The highest BCUT2D eigenvalue weighted by Crippen LogP contribution is 2.33. The average Bonchev–Trinajstić information content (AvgIpc) is 2.67. The molecule has 3 aromatic rings. The highest BCUT2D eigenvalue weighted by molar-refractivity contribution is 5.98. The van der Waals surface area contributed by atoms with Gasteiger partial charge in [0.15, 0.2) is 11.5 Å². The molecule has 1 atom stereocenters. The standard InChI is InChI=1S/C21H19F2NO3/c1-13(15-11-10-14-6-3-4-7-16(14)12-15)24-20(25)17-8-5-9-18(26-2)19(17)27-21(22)23/h3-13,21H,1-2H3,(H,24,25). The van der Waals surface area contributed by atoms with Crippen LogP contribution in [0.2, 0.25) is 0 Å². The molecule has 0 spiro atoms. The van der Waals surface area contributed by atoms with E-state index in [4.69, 9.17) is 4.74 Å². The number of alkyl halides is 2. The van der Waals surface area contributed by atoms with Crippen LogP contribution in [0, 0.1) is 0 Å². The molecule has 1 N–H and O–H groups in total. The largest absolute Gasteiger partial charge is 0.493 e. The first-order valence-electron chi connectivity index (χ1n) is 8.41. The Kier molecular flexibility index (Phi) is 5.54. The maximum Gasteiger partial charge on any atom is 0.387 e. The smallest absolute Gasteiger partial charge is 0.387 e. The van der Waals surface area contributed by atoms with E-state index < -0.39 is 12.5 Å². The van der Waals surface area contributed by atoms with Gasteiger partial charge in [0.05, 0.1) is 18.7 Å². The van der Waals surface area contributed by atoms with Crippen molar-refractivity contribution < 1.29 is 23.0 Å². The molecule has 0 saturated heterocycles. The average molecular weight is 371 g/mol. The topological polar surface area (TPSA) is 47.6 Å². The maximum atomic E-state index is 12.7. The van der Waals surface area contributed by atoms with E-state index in [-0.39, 0.29) is 23.1 Å². The normalized spacial score (nSPS) is 12.0. The maximum absolute atomic E-state index is 12.7. The molecule has 6 heteroatoms. The second-order valence-electron chi connectivity index (χ2n) is 6.02. The van der Waals surface area contributed by atoms with Gasteiger partial charge in [0.25, 0.3) is 5.91 Å². The van der Waals surface area contributed by atoms with Gasteiger partial charge in [0.2, 0.25) is 0 Å². The number of hydrogen-bond acceptors (Lipinski definition) is 3. The number of rotatable bonds is 6. The van der Waals surface area contributed by atoms with Crippen molar-refractivity contribution in [1.29, 1.82) is 0 Å². The van der Waals surface area contributed by atoms with E-state index in [1.165, 1.54) is 19.2 Å². The van der Waals surface area contributed by atoms with Crippen LogP contribution in [0.5, 0.6) is 11.5 Å². The molecule has 0 aliphatic rings. The Morgan fingerprint density at radius 3 is 2.44 bits per heavy atom. The minimum Gasteiger partial charge on any atom is -0.493 e. The number of nitrogens with one attached hydrogen (secondary N) is 1. The van der Waals surface area contributed by atoms with Gasteiger partial charge in [-0.15, -0.1) is 0 Å². The summed E-state index contributed by atoms with van der Waals surface area (Å²) in [6.45, 7) is -1.23. The number of ether oxygens (including phenoxy) is 2. The number of benzene rings is 3. The summed E-state index contributed by atoms with van der Waals surface area (Å²) < 4.78 is 35.0. The van der Waals surface area contributed by atoms with Gasteiger partial charge < -0.3 is 14.8 Å². The Morgan fingerprint density at radius 2 is 1.74 bits per heavy atom. The van der Waals surface area contributed by atoms with E-state index in [1.54, 1.807) is 6.07 Å². The van der Waals surface area contributed by atoms with E-state index in [9.17, 15) is 13.6 Å². The van der Waals surface area contributed by atoms with E-state index in [0.29, 0.717) is 0 Å². The lowest BCUT2D eigenvalue weighted by atomic mass is 10.0. The van der Waals surface area contributed by atoms with Gasteiger partial charge in [0, 0.05) is 0 Å². The van der Waals surface area contributed by atoms with Gasteiger partial charge in [0.1, 0.15) is 0 Å². The van der Waals surface area contributed by atoms with Crippen molar-refractivity contribution in [1.82, 2.24) is 5.32 Å². The highest BCUT2D eigenvalue weighted by Gasteiger charge is 2.21. The summed E-state index contributed by atoms with van der Waals surface area (Å²) >= 11 is 0. The second-order valence-corrected chi connectivity index (χ2v) is 6.02. The Bertz CT molecular complexity index is 959. The van der Waals surface area contributed by atoms with Crippen LogP contribution in [0.3, 0.4) is 0 Å². The molecule has 140 valence electrons. The molecule has 0 fully saturated rings. The van der Waals surface area contributed by atoms with Crippen LogP contribution in [0.15, 0.2) is 60.7 Å². The Labute approximate surface area is 155 Å². The van der Waals surface area contributed by atoms with Crippen LogP contribution in [0.25, 0.3) is 10.8 Å². The van der Waals surface area contributed by atoms with Gasteiger partial charge in [-0.3, -0.25) is 4.79 Å². The first kappa shape index (κ1) is 18.6. The minimum atomic E-state index is -3.06. The summed E-state index contributed by atoms with van der Waals surface area (Å²) in [5, 5.41) is 4.97. The minimum absolute atomic E-state index is 0.0118. The van der Waals surface area contributed by atoms with Crippen molar-refractivity contribution in [3.8, 4) is 11.5 Å². The van der Waals surface area contributed by atoms with Crippen LogP contribution in [-0.4, -0.2) is 19.6 Å². The molecule has 0 aliphatic carbocycles. The van der Waals surface area contributed by atoms with Gasteiger partial charge in [-0.05, 0) is 41.5 Å². The first-order chi connectivity index (χ1) is 13.0. The van der Waals surface area contributed by atoms with E-state index in [1.807, 2.05) is 49.4 Å². The fourth-order valence-corrected chi connectivity index (χ4v) is 2.90. The number of carbonyl (C=O) groups is 1. The summed E-state index contributed by atoms with van der Waals surface area (Å²) in [6.07, 6.45) is 0. The number of hydrogen-bond donors (Lipinski definition) is 1. The lowest BCUT2D eigenvalue weighted by Gasteiger charge is -2.18. The molecule has 0 radical (unpaired) electrons. The van der Waals surface area contributed by atoms with Gasteiger partial charge >= 0.3 is 6.61 Å².